The van der Waals surface area contributed by atoms with E-state index in [0.717, 1.165) is 42.4 Å². The smallest absolute Gasteiger partial charge is 0.243 e. The molecule has 1 aliphatic carbocycles. The quantitative estimate of drug-likeness (QED) is 0.801. The fraction of sp³-hybridized carbons (Fsp3) is 0.667. The number of benzene rings is 1. The predicted octanol–water partition coefficient (Wildman–Crippen LogP) is 2.43. The maximum atomic E-state index is 13.2. The number of nitrogens with zero attached hydrogens (tertiary/aromatic N) is 1. The van der Waals surface area contributed by atoms with Crippen LogP contribution in [0.1, 0.15) is 55.2 Å². The molecule has 1 amide bonds. The Hall–Kier alpha value is -1.44. The Balaban J connectivity index is 1.61. The summed E-state index contributed by atoms with van der Waals surface area (Å²) in [7, 11) is -3.55. The van der Waals surface area contributed by atoms with Gasteiger partial charge in [0.25, 0.3) is 0 Å². The average molecular weight is 409 g/mol. The van der Waals surface area contributed by atoms with Gasteiger partial charge in [0, 0.05) is 25.0 Å². The van der Waals surface area contributed by atoms with E-state index < -0.39 is 10.0 Å². The molecule has 1 heterocycles. The maximum absolute atomic E-state index is 13.2. The Bertz CT molecular complexity index is 798. The van der Waals surface area contributed by atoms with Gasteiger partial charge in [0.1, 0.15) is 0 Å². The van der Waals surface area contributed by atoms with E-state index >= 15 is 0 Å². The van der Waals surface area contributed by atoms with Gasteiger partial charge in [-0.25, -0.2) is 8.42 Å². The second-order valence-corrected chi connectivity index (χ2v) is 10.3. The molecule has 1 aromatic rings. The standard InChI is InChI=1S/C21H32N2O4S/c1-14-12-15(2)20(16(3)13-14)28(26,27)23-10-8-17(9-11-23)21(25)22-18-4-6-19(24)7-5-18/h12-13,17-19,24H,4-11H2,1-3H3,(H,22,25). The average Bonchev–Trinajstić information content (AvgIpc) is 2.62. The molecule has 1 saturated heterocycles. The molecule has 1 saturated carbocycles. The lowest BCUT2D eigenvalue weighted by Gasteiger charge is -2.33. The zero-order chi connectivity index (χ0) is 20.5. The Morgan fingerprint density at radius 3 is 2.07 bits per heavy atom. The molecule has 1 aromatic carbocycles. The zero-order valence-corrected chi connectivity index (χ0v) is 17.9. The van der Waals surface area contributed by atoms with E-state index in [9.17, 15) is 18.3 Å². The van der Waals surface area contributed by atoms with Crippen LogP contribution >= 0.6 is 0 Å². The molecule has 3 rings (SSSR count). The first-order valence-electron chi connectivity index (χ1n) is 10.2. The van der Waals surface area contributed by atoms with E-state index in [1.165, 1.54) is 4.31 Å². The van der Waals surface area contributed by atoms with Crippen LogP contribution in [0, 0.1) is 26.7 Å². The maximum Gasteiger partial charge on any atom is 0.243 e. The number of aliphatic hydroxyl groups excluding tert-OH is 1. The summed E-state index contributed by atoms with van der Waals surface area (Å²) < 4.78 is 27.9. The predicted molar refractivity (Wildman–Crippen MR) is 109 cm³/mol. The fourth-order valence-corrected chi connectivity index (χ4v) is 6.48. The van der Waals surface area contributed by atoms with Crippen molar-refractivity contribution >= 4 is 15.9 Å². The van der Waals surface area contributed by atoms with Gasteiger partial charge in [0.15, 0.2) is 0 Å². The van der Waals surface area contributed by atoms with Crippen LogP contribution in [0.2, 0.25) is 0 Å². The van der Waals surface area contributed by atoms with Gasteiger partial charge in [0.05, 0.1) is 11.0 Å². The van der Waals surface area contributed by atoms with E-state index in [1.54, 1.807) is 0 Å². The van der Waals surface area contributed by atoms with Crippen molar-refractivity contribution in [1.82, 2.24) is 9.62 Å². The molecule has 0 atom stereocenters. The van der Waals surface area contributed by atoms with Crippen molar-refractivity contribution < 1.29 is 18.3 Å². The number of sulfonamides is 1. The van der Waals surface area contributed by atoms with Crippen LogP contribution < -0.4 is 5.32 Å². The minimum absolute atomic E-state index is 0.0288. The van der Waals surface area contributed by atoms with Gasteiger partial charge in [-0.1, -0.05) is 17.7 Å². The summed E-state index contributed by atoms with van der Waals surface area (Å²) >= 11 is 0. The molecular formula is C21H32N2O4S. The molecule has 1 aliphatic heterocycles. The van der Waals surface area contributed by atoms with Crippen LogP contribution in [-0.4, -0.2) is 49.0 Å². The van der Waals surface area contributed by atoms with Crippen LogP contribution in [0.3, 0.4) is 0 Å². The van der Waals surface area contributed by atoms with Crippen molar-refractivity contribution in [3.05, 3.63) is 28.8 Å². The third kappa shape index (κ3) is 4.58. The molecule has 28 heavy (non-hydrogen) atoms. The minimum Gasteiger partial charge on any atom is -0.393 e. The number of aryl methyl sites for hydroxylation is 3. The van der Waals surface area contributed by atoms with Gasteiger partial charge in [-0.3, -0.25) is 4.79 Å². The molecule has 6 nitrogen and oxygen atoms in total. The molecule has 2 aliphatic rings. The van der Waals surface area contributed by atoms with Crippen LogP contribution in [0.4, 0.5) is 0 Å². The highest BCUT2D eigenvalue weighted by Crippen LogP contribution is 2.29. The topological polar surface area (TPSA) is 86.7 Å². The van der Waals surface area contributed by atoms with Crippen molar-refractivity contribution in [2.45, 2.75) is 76.3 Å². The monoisotopic (exact) mass is 408 g/mol. The van der Waals surface area contributed by atoms with E-state index in [2.05, 4.69) is 5.32 Å². The molecule has 0 bridgehead atoms. The highest BCUT2D eigenvalue weighted by atomic mass is 32.2. The summed E-state index contributed by atoms with van der Waals surface area (Å²) in [6.45, 7) is 6.39. The second-order valence-electron chi connectivity index (χ2n) is 8.42. The molecule has 7 heteroatoms. The SMILES string of the molecule is Cc1cc(C)c(S(=O)(=O)N2CCC(C(=O)NC3CCC(O)CC3)CC2)c(C)c1. The van der Waals surface area contributed by atoms with Crippen LogP contribution in [0.15, 0.2) is 17.0 Å². The molecule has 0 spiro atoms. The van der Waals surface area contributed by atoms with E-state index in [1.807, 2.05) is 32.9 Å². The van der Waals surface area contributed by atoms with E-state index in [4.69, 9.17) is 0 Å². The number of amides is 1. The first-order valence-corrected chi connectivity index (χ1v) is 11.7. The van der Waals surface area contributed by atoms with Crippen LogP contribution in [0.25, 0.3) is 0 Å². The normalized spacial score (nSPS) is 24.9. The van der Waals surface area contributed by atoms with E-state index in [0.29, 0.717) is 30.8 Å². The van der Waals surface area contributed by atoms with Crippen LogP contribution in [0.5, 0.6) is 0 Å². The summed E-state index contributed by atoms with van der Waals surface area (Å²) in [5.74, 6) is -0.111. The summed E-state index contributed by atoms with van der Waals surface area (Å²) in [5, 5.41) is 12.7. The van der Waals surface area contributed by atoms with Crippen molar-refractivity contribution in [2.75, 3.05) is 13.1 Å². The Kier molecular flexibility index (Phi) is 6.47. The number of nitrogens with one attached hydrogen (secondary N) is 1. The molecule has 0 aromatic heterocycles. The van der Waals surface area contributed by atoms with Gasteiger partial charge < -0.3 is 10.4 Å². The summed E-state index contributed by atoms with van der Waals surface area (Å²) in [6.07, 6.45) is 3.94. The number of rotatable bonds is 4. The lowest BCUT2D eigenvalue weighted by Crippen LogP contribution is -2.46. The van der Waals surface area contributed by atoms with Crippen molar-refractivity contribution in [2.24, 2.45) is 5.92 Å². The third-order valence-electron chi connectivity index (χ3n) is 6.07. The molecule has 2 fully saturated rings. The first-order chi connectivity index (χ1) is 13.2. The molecule has 0 unspecified atom stereocenters. The molecule has 0 radical (unpaired) electrons. The lowest BCUT2D eigenvalue weighted by molar-refractivity contribution is -0.127. The van der Waals surface area contributed by atoms with Crippen molar-refractivity contribution in [1.29, 1.82) is 0 Å². The Morgan fingerprint density at radius 1 is 1.00 bits per heavy atom. The van der Waals surface area contributed by atoms with Crippen molar-refractivity contribution in [3.63, 3.8) is 0 Å². The zero-order valence-electron chi connectivity index (χ0n) is 17.1. The first kappa shape index (κ1) is 21.3. The van der Waals surface area contributed by atoms with Gasteiger partial charge in [0.2, 0.25) is 15.9 Å². The summed E-state index contributed by atoms with van der Waals surface area (Å²) in [5.41, 5.74) is 2.60. The molecular weight excluding hydrogens is 376 g/mol. The summed E-state index contributed by atoms with van der Waals surface area (Å²) in [4.78, 5) is 13.0. The highest BCUT2D eigenvalue weighted by molar-refractivity contribution is 7.89. The highest BCUT2D eigenvalue weighted by Gasteiger charge is 2.34. The third-order valence-corrected chi connectivity index (χ3v) is 8.28. The number of carbonyl (C=O) groups excluding carboxylic acids is 1. The number of hydrogen-bond donors (Lipinski definition) is 2. The number of carbonyl (C=O) groups is 1. The van der Waals surface area contributed by atoms with Gasteiger partial charge in [-0.15, -0.1) is 0 Å². The van der Waals surface area contributed by atoms with Gasteiger partial charge in [-0.05, 0) is 70.4 Å². The fourth-order valence-electron chi connectivity index (χ4n) is 4.60. The van der Waals surface area contributed by atoms with Gasteiger partial charge in [-0.2, -0.15) is 4.31 Å². The van der Waals surface area contributed by atoms with Crippen LogP contribution in [-0.2, 0) is 14.8 Å². The number of aliphatic hydroxyl groups is 1. The van der Waals surface area contributed by atoms with Crippen molar-refractivity contribution in [3.8, 4) is 0 Å². The van der Waals surface area contributed by atoms with E-state index in [-0.39, 0.29) is 24.0 Å². The van der Waals surface area contributed by atoms with Gasteiger partial charge >= 0.3 is 0 Å². The number of piperidine rings is 1. The second kappa shape index (κ2) is 8.51. The molecule has 2 N–H and O–H groups in total. The molecule has 156 valence electrons. The Labute approximate surface area is 168 Å². The lowest BCUT2D eigenvalue weighted by atomic mass is 9.91. The summed E-state index contributed by atoms with van der Waals surface area (Å²) in [6, 6.07) is 3.94. The largest absolute Gasteiger partial charge is 0.393 e. The Morgan fingerprint density at radius 2 is 1.54 bits per heavy atom. The number of hydrogen-bond acceptors (Lipinski definition) is 4. The minimum atomic E-state index is -3.55.